The third-order valence-electron chi connectivity index (χ3n) is 4.77. The van der Waals surface area contributed by atoms with E-state index in [-0.39, 0.29) is 11.8 Å². The van der Waals surface area contributed by atoms with Crippen molar-refractivity contribution in [3.05, 3.63) is 35.4 Å². The molecular formula is C17H20N4O3. The molecule has 1 unspecified atom stereocenters. The highest BCUT2D eigenvalue weighted by Gasteiger charge is 2.33. The predicted octanol–water partition coefficient (Wildman–Crippen LogP) is 1.19. The van der Waals surface area contributed by atoms with Gasteiger partial charge in [0.2, 0.25) is 5.91 Å². The Hall–Kier alpha value is -2.57. The van der Waals surface area contributed by atoms with Crippen LogP contribution in [0.25, 0.3) is 0 Å². The number of benzene rings is 1. The van der Waals surface area contributed by atoms with Crippen LogP contribution in [0.15, 0.2) is 18.2 Å². The number of carbonyl (C=O) groups is 1. The van der Waals surface area contributed by atoms with Crippen molar-refractivity contribution in [1.82, 2.24) is 19.7 Å². The minimum Gasteiger partial charge on any atom is -0.493 e. The monoisotopic (exact) mass is 328 g/mol. The summed E-state index contributed by atoms with van der Waals surface area (Å²) in [6.45, 7) is 4.27. The maximum absolute atomic E-state index is 12.9. The van der Waals surface area contributed by atoms with Gasteiger partial charge in [-0.25, -0.2) is 0 Å². The molecule has 1 amide bonds. The van der Waals surface area contributed by atoms with E-state index < -0.39 is 0 Å². The summed E-state index contributed by atoms with van der Waals surface area (Å²) in [5.41, 5.74) is 1.02. The molecule has 0 N–H and O–H groups in total. The van der Waals surface area contributed by atoms with Crippen LogP contribution in [0.3, 0.4) is 0 Å². The lowest BCUT2D eigenvalue weighted by Crippen LogP contribution is -2.44. The van der Waals surface area contributed by atoms with Crippen LogP contribution in [0.4, 0.5) is 0 Å². The Labute approximate surface area is 140 Å². The van der Waals surface area contributed by atoms with Gasteiger partial charge in [0, 0.05) is 13.1 Å². The Morgan fingerprint density at radius 3 is 3.04 bits per heavy atom. The summed E-state index contributed by atoms with van der Waals surface area (Å²) in [5, 5.41) is 8.25. The molecule has 0 spiro atoms. The van der Waals surface area contributed by atoms with Crippen molar-refractivity contribution in [3.63, 3.8) is 0 Å². The Kier molecular flexibility index (Phi) is 3.63. The first-order valence-corrected chi connectivity index (χ1v) is 8.13. The molecule has 2 aliphatic heterocycles. The second kappa shape index (κ2) is 5.81. The molecule has 4 rings (SSSR count). The quantitative estimate of drug-likeness (QED) is 0.828. The fourth-order valence-corrected chi connectivity index (χ4v) is 3.46. The third kappa shape index (κ3) is 2.40. The molecule has 0 radical (unpaired) electrons. The number of rotatable bonds is 2. The second-order valence-electron chi connectivity index (χ2n) is 6.24. The molecule has 126 valence electrons. The first-order chi connectivity index (χ1) is 11.7. The summed E-state index contributed by atoms with van der Waals surface area (Å²) in [6, 6.07) is 5.80. The number of hydrogen-bond donors (Lipinski definition) is 0. The molecule has 0 saturated heterocycles. The highest BCUT2D eigenvalue weighted by atomic mass is 16.5. The molecule has 1 aromatic carbocycles. The topological polar surface area (TPSA) is 69.5 Å². The van der Waals surface area contributed by atoms with Crippen LogP contribution < -0.4 is 9.47 Å². The van der Waals surface area contributed by atoms with E-state index in [1.165, 1.54) is 0 Å². The van der Waals surface area contributed by atoms with Crippen LogP contribution in [0.2, 0.25) is 0 Å². The summed E-state index contributed by atoms with van der Waals surface area (Å²) in [4.78, 5) is 14.8. The van der Waals surface area contributed by atoms with Gasteiger partial charge in [0.1, 0.15) is 12.4 Å². The normalized spacial score (nSPS) is 19.2. The molecule has 7 heteroatoms. The van der Waals surface area contributed by atoms with Crippen molar-refractivity contribution < 1.29 is 14.3 Å². The number of para-hydroxylation sites is 1. The Bertz CT molecular complexity index is 786. The van der Waals surface area contributed by atoms with Gasteiger partial charge < -0.3 is 18.9 Å². The van der Waals surface area contributed by atoms with E-state index in [0.29, 0.717) is 26.1 Å². The number of methoxy groups -OCH3 is 1. The van der Waals surface area contributed by atoms with Gasteiger partial charge in [-0.2, -0.15) is 0 Å². The van der Waals surface area contributed by atoms with Crippen molar-refractivity contribution in [2.75, 3.05) is 20.3 Å². The first kappa shape index (κ1) is 15.0. The van der Waals surface area contributed by atoms with Crippen LogP contribution in [-0.2, 0) is 24.3 Å². The lowest BCUT2D eigenvalue weighted by Gasteiger charge is -2.33. The van der Waals surface area contributed by atoms with Gasteiger partial charge >= 0.3 is 0 Å². The fraction of sp³-hybridized carbons (Fsp3) is 0.471. The molecule has 1 aromatic heterocycles. The molecule has 3 heterocycles. The predicted molar refractivity (Wildman–Crippen MR) is 85.9 cm³/mol. The zero-order valence-corrected chi connectivity index (χ0v) is 13.9. The van der Waals surface area contributed by atoms with Gasteiger partial charge in [-0.3, -0.25) is 4.79 Å². The van der Waals surface area contributed by atoms with E-state index >= 15 is 0 Å². The van der Waals surface area contributed by atoms with Gasteiger partial charge in [-0.15, -0.1) is 10.2 Å². The standard InChI is InChI=1S/C17H20N4O3/c1-11-18-19-15-9-20(6-7-21(11)15)17(22)13-8-12-4-3-5-14(23-2)16(12)24-10-13/h3-5,13H,6-10H2,1-2H3. The highest BCUT2D eigenvalue weighted by molar-refractivity contribution is 5.80. The molecule has 0 saturated carbocycles. The molecule has 2 aromatic rings. The minimum atomic E-state index is -0.167. The van der Waals surface area contributed by atoms with Crippen LogP contribution in [0.5, 0.6) is 11.5 Å². The summed E-state index contributed by atoms with van der Waals surface area (Å²) in [7, 11) is 1.63. The van der Waals surface area contributed by atoms with Crippen molar-refractivity contribution in [2.45, 2.75) is 26.4 Å². The Morgan fingerprint density at radius 1 is 1.33 bits per heavy atom. The SMILES string of the molecule is COc1cccc2c1OCC(C(=O)N1CCn3c(C)nnc3C1)C2. The van der Waals surface area contributed by atoms with Gasteiger partial charge in [0.25, 0.3) is 0 Å². The zero-order valence-electron chi connectivity index (χ0n) is 13.9. The maximum Gasteiger partial charge on any atom is 0.229 e. The molecule has 0 bridgehead atoms. The van der Waals surface area contributed by atoms with Crippen molar-refractivity contribution in [1.29, 1.82) is 0 Å². The number of carbonyl (C=O) groups excluding carboxylic acids is 1. The van der Waals surface area contributed by atoms with Gasteiger partial charge in [-0.1, -0.05) is 12.1 Å². The fourth-order valence-electron chi connectivity index (χ4n) is 3.46. The smallest absolute Gasteiger partial charge is 0.229 e. The summed E-state index contributed by atoms with van der Waals surface area (Å²) in [6.07, 6.45) is 0.674. The van der Waals surface area contributed by atoms with Crippen LogP contribution in [0.1, 0.15) is 17.2 Å². The van der Waals surface area contributed by atoms with E-state index in [0.717, 1.165) is 35.3 Å². The number of fused-ring (bicyclic) bond motifs is 2. The lowest BCUT2D eigenvalue weighted by atomic mass is 9.95. The Morgan fingerprint density at radius 2 is 2.21 bits per heavy atom. The molecule has 1 atom stereocenters. The Balaban J connectivity index is 1.50. The van der Waals surface area contributed by atoms with E-state index in [1.54, 1.807) is 7.11 Å². The molecule has 7 nitrogen and oxygen atoms in total. The number of hydrogen-bond acceptors (Lipinski definition) is 5. The average molecular weight is 328 g/mol. The van der Waals surface area contributed by atoms with Gasteiger partial charge in [-0.05, 0) is 25.0 Å². The minimum absolute atomic E-state index is 0.121. The number of ether oxygens (including phenoxy) is 2. The number of nitrogens with zero attached hydrogens (tertiary/aromatic N) is 4. The van der Waals surface area contributed by atoms with Crippen LogP contribution in [0, 0.1) is 12.8 Å². The van der Waals surface area contributed by atoms with E-state index in [2.05, 4.69) is 14.8 Å². The van der Waals surface area contributed by atoms with Gasteiger partial charge in [0.05, 0.1) is 19.6 Å². The van der Waals surface area contributed by atoms with Crippen molar-refractivity contribution in [2.24, 2.45) is 5.92 Å². The maximum atomic E-state index is 12.9. The van der Waals surface area contributed by atoms with Crippen molar-refractivity contribution in [3.8, 4) is 11.5 Å². The number of amides is 1. The van der Waals surface area contributed by atoms with E-state index in [9.17, 15) is 4.79 Å². The zero-order chi connectivity index (χ0) is 16.7. The molecule has 0 fully saturated rings. The lowest BCUT2D eigenvalue weighted by molar-refractivity contribution is -0.138. The largest absolute Gasteiger partial charge is 0.493 e. The second-order valence-corrected chi connectivity index (χ2v) is 6.24. The highest BCUT2D eigenvalue weighted by Crippen LogP contribution is 2.36. The summed E-state index contributed by atoms with van der Waals surface area (Å²) >= 11 is 0. The van der Waals surface area contributed by atoms with Crippen molar-refractivity contribution >= 4 is 5.91 Å². The summed E-state index contributed by atoms with van der Waals surface area (Å²) in [5.74, 6) is 3.19. The molecule has 24 heavy (non-hydrogen) atoms. The molecule has 0 aliphatic carbocycles. The number of aromatic nitrogens is 3. The average Bonchev–Trinajstić information content (AvgIpc) is 3.00. The van der Waals surface area contributed by atoms with E-state index in [4.69, 9.17) is 9.47 Å². The number of aryl methyl sites for hydroxylation is 1. The van der Waals surface area contributed by atoms with Gasteiger partial charge in [0.15, 0.2) is 17.3 Å². The molecular weight excluding hydrogens is 308 g/mol. The summed E-state index contributed by atoms with van der Waals surface area (Å²) < 4.78 is 13.2. The first-order valence-electron chi connectivity index (χ1n) is 8.13. The third-order valence-corrected chi connectivity index (χ3v) is 4.77. The van der Waals surface area contributed by atoms with E-state index in [1.807, 2.05) is 30.0 Å². The van der Waals surface area contributed by atoms with Crippen LogP contribution in [-0.4, -0.2) is 45.8 Å². The molecule has 2 aliphatic rings. The van der Waals surface area contributed by atoms with Crippen LogP contribution >= 0.6 is 0 Å².